The first kappa shape index (κ1) is 14.1. The Labute approximate surface area is 139 Å². The van der Waals surface area contributed by atoms with Crippen molar-refractivity contribution in [3.63, 3.8) is 0 Å². The predicted octanol–water partition coefficient (Wildman–Crippen LogP) is 4.36. The molecule has 1 aliphatic heterocycles. The molecule has 1 spiro atoms. The zero-order chi connectivity index (χ0) is 15.7. The Kier molecular flexibility index (Phi) is 2.86. The lowest BCUT2D eigenvalue weighted by Crippen LogP contribution is -2.60. The summed E-state index contributed by atoms with van der Waals surface area (Å²) in [5.74, 6) is 1.98. The second-order valence-electron chi connectivity index (χ2n) is 7.53. The number of ether oxygens (including phenoxy) is 1. The highest BCUT2D eigenvalue weighted by molar-refractivity contribution is 8.15. The van der Waals surface area contributed by atoms with E-state index in [1.807, 2.05) is 24.3 Å². The highest BCUT2D eigenvalue weighted by atomic mass is 32.2. The highest BCUT2D eigenvalue weighted by Gasteiger charge is 2.66. The number of nitrogens with zero attached hydrogens (tertiary/aromatic N) is 1. The van der Waals surface area contributed by atoms with Crippen molar-refractivity contribution >= 4 is 16.8 Å². The Hall–Kier alpha value is -1.23. The number of halogens is 1. The number of thioether (sulfide) groups is 1. The van der Waals surface area contributed by atoms with Crippen LogP contribution in [0.4, 0.5) is 4.39 Å². The van der Waals surface area contributed by atoms with Gasteiger partial charge in [-0.3, -0.25) is 0 Å². The minimum Gasteiger partial charge on any atom is -0.497 e. The number of benzene rings is 1. The van der Waals surface area contributed by atoms with E-state index in [2.05, 4.69) is 5.16 Å². The summed E-state index contributed by atoms with van der Waals surface area (Å²) in [6, 6.07) is 7.91. The van der Waals surface area contributed by atoms with Crippen LogP contribution in [0.15, 0.2) is 29.4 Å². The first-order chi connectivity index (χ1) is 11.1. The predicted molar refractivity (Wildman–Crippen MR) is 88.3 cm³/mol. The molecule has 3 unspecified atom stereocenters. The third kappa shape index (κ3) is 1.98. The normalized spacial score (nSPS) is 43.6. The SMILES string of the molecule is COc1ccc(C2=NOC3(S2)[C@@H]2CC4C[C@H]3CC(F)(C4)C2)cc1. The van der Waals surface area contributed by atoms with Gasteiger partial charge in [-0.2, -0.15) is 0 Å². The molecule has 5 aliphatic rings. The average Bonchev–Trinajstić information content (AvgIpc) is 2.98. The lowest BCUT2D eigenvalue weighted by molar-refractivity contribution is -0.180. The van der Waals surface area contributed by atoms with E-state index in [4.69, 9.17) is 9.57 Å². The van der Waals surface area contributed by atoms with Gasteiger partial charge in [-0.05, 0) is 62.3 Å². The van der Waals surface area contributed by atoms with Gasteiger partial charge < -0.3 is 9.57 Å². The van der Waals surface area contributed by atoms with Crippen molar-refractivity contribution in [3.8, 4) is 5.75 Å². The van der Waals surface area contributed by atoms with Crippen LogP contribution in [-0.2, 0) is 4.84 Å². The molecule has 0 aromatic heterocycles. The molecule has 0 N–H and O–H groups in total. The number of hydrogen-bond donors (Lipinski definition) is 0. The highest BCUT2D eigenvalue weighted by Crippen LogP contribution is 2.67. The van der Waals surface area contributed by atoms with Gasteiger partial charge in [0, 0.05) is 17.4 Å². The fourth-order valence-corrected chi connectivity index (χ4v) is 6.69. The molecule has 3 nitrogen and oxygen atoms in total. The van der Waals surface area contributed by atoms with Gasteiger partial charge in [0.25, 0.3) is 0 Å². The third-order valence-electron chi connectivity index (χ3n) is 6.12. The Bertz CT molecular complexity index is 658. The molecule has 5 atom stereocenters. The molecular weight excluding hydrogens is 313 g/mol. The topological polar surface area (TPSA) is 30.8 Å². The van der Waals surface area contributed by atoms with Crippen LogP contribution in [0, 0.1) is 17.8 Å². The summed E-state index contributed by atoms with van der Waals surface area (Å²) in [5, 5.41) is 5.32. The van der Waals surface area contributed by atoms with Crippen molar-refractivity contribution in [2.75, 3.05) is 7.11 Å². The molecule has 1 heterocycles. The molecule has 4 fully saturated rings. The largest absolute Gasteiger partial charge is 0.497 e. The quantitative estimate of drug-likeness (QED) is 0.805. The van der Waals surface area contributed by atoms with Crippen LogP contribution in [0.1, 0.15) is 37.7 Å². The summed E-state index contributed by atoms with van der Waals surface area (Å²) in [5.41, 5.74) is 0.116. The average molecular weight is 333 g/mol. The number of alkyl halides is 1. The van der Waals surface area contributed by atoms with E-state index in [0.717, 1.165) is 35.6 Å². The van der Waals surface area contributed by atoms with Gasteiger partial charge in [-0.1, -0.05) is 16.9 Å². The smallest absolute Gasteiger partial charge is 0.194 e. The lowest BCUT2D eigenvalue weighted by atomic mass is 9.53. The van der Waals surface area contributed by atoms with Crippen LogP contribution >= 0.6 is 11.8 Å². The van der Waals surface area contributed by atoms with Crippen LogP contribution in [-0.4, -0.2) is 22.8 Å². The monoisotopic (exact) mass is 333 g/mol. The Balaban J connectivity index is 1.42. The van der Waals surface area contributed by atoms with Gasteiger partial charge in [0.1, 0.15) is 16.5 Å². The van der Waals surface area contributed by atoms with Gasteiger partial charge >= 0.3 is 0 Å². The molecule has 122 valence electrons. The summed E-state index contributed by atoms with van der Waals surface area (Å²) in [7, 11) is 1.66. The fraction of sp³-hybridized carbons (Fsp3) is 0.611. The van der Waals surface area contributed by atoms with Gasteiger partial charge in [-0.25, -0.2) is 4.39 Å². The van der Waals surface area contributed by atoms with E-state index in [1.165, 1.54) is 0 Å². The summed E-state index contributed by atoms with van der Waals surface area (Å²) < 4.78 is 20.1. The molecule has 1 aromatic rings. The zero-order valence-corrected chi connectivity index (χ0v) is 13.9. The van der Waals surface area contributed by atoms with Crippen molar-refractivity contribution < 1.29 is 14.0 Å². The van der Waals surface area contributed by atoms with E-state index < -0.39 is 5.67 Å². The summed E-state index contributed by atoms with van der Waals surface area (Å²) >= 11 is 1.73. The van der Waals surface area contributed by atoms with E-state index in [9.17, 15) is 4.39 Å². The molecule has 4 bridgehead atoms. The second-order valence-corrected chi connectivity index (χ2v) is 8.76. The molecule has 4 aliphatic carbocycles. The van der Waals surface area contributed by atoms with Crippen molar-refractivity contribution in [2.45, 2.75) is 42.7 Å². The van der Waals surface area contributed by atoms with Crippen LogP contribution < -0.4 is 4.74 Å². The molecule has 0 radical (unpaired) electrons. The van der Waals surface area contributed by atoms with Crippen LogP contribution in [0.2, 0.25) is 0 Å². The molecule has 1 aromatic carbocycles. The Morgan fingerprint density at radius 1 is 1.17 bits per heavy atom. The third-order valence-corrected chi connectivity index (χ3v) is 7.68. The number of hydrogen-bond acceptors (Lipinski definition) is 4. The van der Waals surface area contributed by atoms with Crippen molar-refractivity contribution in [3.05, 3.63) is 29.8 Å². The molecule has 23 heavy (non-hydrogen) atoms. The van der Waals surface area contributed by atoms with Gasteiger partial charge in [0.05, 0.1) is 7.11 Å². The van der Waals surface area contributed by atoms with Gasteiger partial charge in [0.15, 0.2) is 4.93 Å². The minimum absolute atomic E-state index is 0.295. The molecule has 6 rings (SSSR count). The number of rotatable bonds is 2. The molecule has 0 saturated heterocycles. The van der Waals surface area contributed by atoms with Crippen molar-refractivity contribution in [2.24, 2.45) is 22.9 Å². The maximum Gasteiger partial charge on any atom is 0.194 e. The van der Waals surface area contributed by atoms with Gasteiger partial charge in [-0.15, -0.1) is 0 Å². The Morgan fingerprint density at radius 3 is 2.48 bits per heavy atom. The van der Waals surface area contributed by atoms with E-state index >= 15 is 0 Å². The van der Waals surface area contributed by atoms with Crippen LogP contribution in [0.3, 0.4) is 0 Å². The van der Waals surface area contributed by atoms with Crippen molar-refractivity contribution in [1.29, 1.82) is 0 Å². The van der Waals surface area contributed by atoms with E-state index in [-0.39, 0.29) is 4.93 Å². The van der Waals surface area contributed by atoms with Crippen LogP contribution in [0.25, 0.3) is 0 Å². The van der Waals surface area contributed by atoms with E-state index in [1.54, 1.807) is 18.9 Å². The second kappa shape index (κ2) is 4.65. The molecular formula is C18H20FNO2S. The fourth-order valence-electron chi connectivity index (χ4n) is 5.29. The van der Waals surface area contributed by atoms with Crippen molar-refractivity contribution in [1.82, 2.24) is 0 Å². The number of methoxy groups -OCH3 is 1. The maximum atomic E-state index is 14.9. The first-order valence-electron chi connectivity index (χ1n) is 8.39. The maximum absolute atomic E-state index is 14.9. The van der Waals surface area contributed by atoms with Crippen LogP contribution in [0.5, 0.6) is 5.75 Å². The summed E-state index contributed by atoms with van der Waals surface area (Å²) in [4.78, 5) is 5.72. The molecule has 5 heteroatoms. The summed E-state index contributed by atoms with van der Waals surface area (Å²) in [6.07, 6.45) is 4.27. The van der Waals surface area contributed by atoms with E-state index in [0.29, 0.717) is 30.6 Å². The summed E-state index contributed by atoms with van der Waals surface area (Å²) in [6.45, 7) is 0. The standard InChI is InChI=1S/C18H20FNO2S/c1-21-15-4-2-12(3-5-15)16-20-22-18(23-16)13-6-11-7-14(18)10-17(19,8-11)9-13/h2-5,11,13-14H,6-10H2,1H3/t11?,13-,14+,17?,18?. The van der Waals surface area contributed by atoms with Gasteiger partial charge in [0.2, 0.25) is 0 Å². The molecule has 4 saturated carbocycles. The molecule has 0 amide bonds. The minimum atomic E-state index is -0.936. The zero-order valence-electron chi connectivity index (χ0n) is 13.1. The number of oxime groups is 1. The Morgan fingerprint density at radius 2 is 1.87 bits per heavy atom. The first-order valence-corrected chi connectivity index (χ1v) is 9.20. The lowest BCUT2D eigenvalue weighted by Gasteiger charge is -2.59.